The summed E-state index contributed by atoms with van der Waals surface area (Å²) in [5.41, 5.74) is 1.43. The number of nitrogens with one attached hydrogen (secondary N) is 1. The highest BCUT2D eigenvalue weighted by Gasteiger charge is 2.37. The Kier molecular flexibility index (Phi) is 3.28. The van der Waals surface area contributed by atoms with Crippen LogP contribution in [0.3, 0.4) is 0 Å². The molecule has 1 amide bonds. The highest BCUT2D eigenvalue weighted by atomic mass is 79.9. The first-order valence-corrected chi connectivity index (χ1v) is 6.59. The van der Waals surface area contributed by atoms with Crippen molar-refractivity contribution >= 4 is 21.8 Å². The Bertz CT molecular complexity index is 396. The van der Waals surface area contributed by atoms with E-state index in [0.717, 1.165) is 23.9 Å². The Labute approximate surface area is 104 Å². The zero-order valence-electron chi connectivity index (χ0n) is 9.29. The van der Waals surface area contributed by atoms with Crippen LogP contribution in [-0.4, -0.2) is 21.8 Å². The van der Waals surface area contributed by atoms with Gasteiger partial charge in [0, 0.05) is 17.2 Å². The topological polar surface area (TPSA) is 42.0 Å². The molecule has 0 radical (unpaired) electrons. The lowest BCUT2D eigenvalue weighted by Gasteiger charge is -2.41. The van der Waals surface area contributed by atoms with Crippen LogP contribution in [0.25, 0.3) is 0 Å². The fourth-order valence-corrected chi connectivity index (χ4v) is 2.63. The van der Waals surface area contributed by atoms with Crippen LogP contribution < -0.4 is 5.32 Å². The highest BCUT2D eigenvalue weighted by molar-refractivity contribution is 9.09. The van der Waals surface area contributed by atoms with Crippen LogP contribution in [0.2, 0.25) is 0 Å². The first-order chi connectivity index (χ1) is 7.67. The maximum Gasteiger partial charge on any atom is 0.253 e. The molecule has 1 heterocycles. The summed E-state index contributed by atoms with van der Waals surface area (Å²) in [6.45, 7) is 1.86. The zero-order chi connectivity index (χ0) is 11.6. The average molecular weight is 283 g/mol. The Morgan fingerprint density at radius 3 is 2.88 bits per heavy atom. The van der Waals surface area contributed by atoms with Gasteiger partial charge >= 0.3 is 0 Å². The Morgan fingerprint density at radius 2 is 2.38 bits per heavy atom. The van der Waals surface area contributed by atoms with Crippen molar-refractivity contribution < 1.29 is 4.79 Å². The van der Waals surface area contributed by atoms with Crippen LogP contribution in [-0.2, 0) is 0 Å². The summed E-state index contributed by atoms with van der Waals surface area (Å²) in [5, 5.41) is 3.94. The van der Waals surface area contributed by atoms with Gasteiger partial charge in [-0.2, -0.15) is 0 Å². The van der Waals surface area contributed by atoms with E-state index >= 15 is 0 Å². The third-order valence-electron chi connectivity index (χ3n) is 3.20. The van der Waals surface area contributed by atoms with E-state index in [2.05, 4.69) is 26.2 Å². The number of nitrogens with zero attached hydrogens (tertiary/aromatic N) is 1. The van der Waals surface area contributed by atoms with Gasteiger partial charge in [-0.25, -0.2) is 0 Å². The molecule has 1 saturated carbocycles. The second kappa shape index (κ2) is 4.53. The van der Waals surface area contributed by atoms with Crippen molar-refractivity contribution in [3.63, 3.8) is 0 Å². The van der Waals surface area contributed by atoms with Crippen LogP contribution in [0.15, 0.2) is 18.3 Å². The second-order valence-electron chi connectivity index (χ2n) is 4.36. The average Bonchev–Trinajstić information content (AvgIpc) is 2.24. The summed E-state index contributed by atoms with van der Waals surface area (Å²) in [6.07, 6.45) is 5.01. The number of pyridine rings is 1. The van der Waals surface area contributed by atoms with Gasteiger partial charge in [0.1, 0.15) is 0 Å². The maximum absolute atomic E-state index is 12.1. The van der Waals surface area contributed by atoms with E-state index < -0.39 is 0 Å². The number of hydrogen-bond donors (Lipinski definition) is 1. The van der Waals surface area contributed by atoms with E-state index in [-0.39, 0.29) is 11.4 Å². The number of carbonyl (C=O) groups is 1. The molecule has 1 N–H and O–H groups in total. The van der Waals surface area contributed by atoms with Gasteiger partial charge in [0.2, 0.25) is 0 Å². The SMILES string of the molecule is Cc1ncccc1C(=O)NC1(CBr)CCC1. The van der Waals surface area contributed by atoms with E-state index in [4.69, 9.17) is 0 Å². The molecule has 1 fully saturated rings. The summed E-state index contributed by atoms with van der Waals surface area (Å²) in [4.78, 5) is 16.2. The van der Waals surface area contributed by atoms with Crippen molar-refractivity contribution in [2.24, 2.45) is 0 Å². The molecule has 0 saturated heterocycles. The van der Waals surface area contributed by atoms with Crippen molar-refractivity contribution in [1.29, 1.82) is 0 Å². The molecule has 0 aromatic carbocycles. The molecule has 86 valence electrons. The lowest BCUT2D eigenvalue weighted by atomic mass is 9.78. The number of amides is 1. The predicted octanol–water partition coefficient (Wildman–Crippen LogP) is 2.44. The van der Waals surface area contributed by atoms with Gasteiger partial charge in [0.15, 0.2) is 0 Å². The minimum atomic E-state index is -0.0284. The molecule has 4 heteroatoms. The van der Waals surface area contributed by atoms with E-state index in [1.54, 1.807) is 12.3 Å². The number of carbonyl (C=O) groups excluding carboxylic acids is 1. The van der Waals surface area contributed by atoms with Crippen molar-refractivity contribution in [2.75, 3.05) is 5.33 Å². The van der Waals surface area contributed by atoms with Crippen LogP contribution in [0.5, 0.6) is 0 Å². The molecule has 2 rings (SSSR count). The largest absolute Gasteiger partial charge is 0.346 e. The summed E-state index contributed by atoms with van der Waals surface area (Å²) < 4.78 is 0. The minimum Gasteiger partial charge on any atom is -0.346 e. The Balaban J connectivity index is 2.11. The molecule has 3 nitrogen and oxygen atoms in total. The standard InChI is InChI=1S/C12H15BrN2O/c1-9-10(4-2-7-14-9)11(16)15-12(8-13)5-3-6-12/h2,4,7H,3,5-6,8H2,1H3,(H,15,16). The highest BCUT2D eigenvalue weighted by Crippen LogP contribution is 2.33. The monoisotopic (exact) mass is 282 g/mol. The van der Waals surface area contributed by atoms with Crippen molar-refractivity contribution in [1.82, 2.24) is 10.3 Å². The number of aromatic nitrogens is 1. The van der Waals surface area contributed by atoms with E-state index in [9.17, 15) is 4.79 Å². The zero-order valence-corrected chi connectivity index (χ0v) is 10.9. The predicted molar refractivity (Wildman–Crippen MR) is 66.8 cm³/mol. The maximum atomic E-state index is 12.1. The summed E-state index contributed by atoms with van der Waals surface area (Å²) >= 11 is 3.47. The molecule has 0 aliphatic heterocycles. The molecule has 1 aliphatic carbocycles. The molecule has 1 aromatic rings. The number of alkyl halides is 1. The van der Waals surface area contributed by atoms with Crippen molar-refractivity contribution in [3.8, 4) is 0 Å². The third kappa shape index (κ3) is 2.12. The molecule has 1 aromatic heterocycles. The fraction of sp³-hybridized carbons (Fsp3) is 0.500. The number of halogens is 1. The van der Waals surface area contributed by atoms with Crippen molar-refractivity contribution in [3.05, 3.63) is 29.6 Å². The molecular formula is C12H15BrN2O. The normalized spacial score (nSPS) is 17.6. The number of hydrogen-bond acceptors (Lipinski definition) is 2. The van der Waals surface area contributed by atoms with Gasteiger partial charge in [-0.05, 0) is 38.3 Å². The smallest absolute Gasteiger partial charge is 0.253 e. The van der Waals surface area contributed by atoms with Crippen LogP contribution in [0.1, 0.15) is 35.3 Å². The van der Waals surface area contributed by atoms with Gasteiger partial charge in [-0.15, -0.1) is 0 Å². The summed E-state index contributed by atoms with van der Waals surface area (Å²) in [6, 6.07) is 3.61. The van der Waals surface area contributed by atoms with E-state index in [1.807, 2.05) is 13.0 Å². The van der Waals surface area contributed by atoms with Crippen LogP contribution >= 0.6 is 15.9 Å². The first-order valence-electron chi connectivity index (χ1n) is 5.47. The fourth-order valence-electron chi connectivity index (χ4n) is 1.93. The summed E-state index contributed by atoms with van der Waals surface area (Å²) in [5.74, 6) is -0.00949. The van der Waals surface area contributed by atoms with Crippen LogP contribution in [0, 0.1) is 6.92 Å². The lowest BCUT2D eigenvalue weighted by Crippen LogP contribution is -2.55. The molecule has 16 heavy (non-hydrogen) atoms. The molecule has 0 spiro atoms. The number of rotatable bonds is 3. The second-order valence-corrected chi connectivity index (χ2v) is 4.92. The molecular weight excluding hydrogens is 268 g/mol. The molecule has 0 unspecified atom stereocenters. The van der Waals surface area contributed by atoms with Crippen LogP contribution in [0.4, 0.5) is 0 Å². The quantitative estimate of drug-likeness (QED) is 0.866. The molecule has 1 aliphatic rings. The lowest BCUT2D eigenvalue weighted by molar-refractivity contribution is 0.0855. The van der Waals surface area contributed by atoms with E-state index in [1.165, 1.54) is 6.42 Å². The van der Waals surface area contributed by atoms with Gasteiger partial charge < -0.3 is 5.32 Å². The third-order valence-corrected chi connectivity index (χ3v) is 4.27. The van der Waals surface area contributed by atoms with Crippen molar-refractivity contribution in [2.45, 2.75) is 31.7 Å². The van der Waals surface area contributed by atoms with E-state index in [0.29, 0.717) is 5.56 Å². The van der Waals surface area contributed by atoms with Gasteiger partial charge in [-0.3, -0.25) is 9.78 Å². The van der Waals surface area contributed by atoms with Gasteiger partial charge in [-0.1, -0.05) is 15.9 Å². The molecule has 0 atom stereocenters. The molecule has 0 bridgehead atoms. The summed E-state index contributed by atoms with van der Waals surface area (Å²) in [7, 11) is 0. The first kappa shape index (κ1) is 11.6. The number of aryl methyl sites for hydroxylation is 1. The minimum absolute atomic E-state index is 0.00949. The Morgan fingerprint density at radius 1 is 1.62 bits per heavy atom. The Hall–Kier alpha value is -0.900. The van der Waals surface area contributed by atoms with Gasteiger partial charge in [0.05, 0.1) is 11.1 Å². The van der Waals surface area contributed by atoms with Gasteiger partial charge in [0.25, 0.3) is 5.91 Å².